The number of ether oxygens (including phenoxy) is 2. The summed E-state index contributed by atoms with van der Waals surface area (Å²) >= 11 is 0. The number of benzene rings is 1. The van der Waals surface area contributed by atoms with Crippen molar-refractivity contribution in [2.24, 2.45) is 0 Å². The minimum Gasteiger partial charge on any atom is -0.497 e. The standard InChI is InChI=1S/C16H25N3O5S/c1-23-12-11-19(13-16(20)18-9-7-17-8-10-18)25(21,22)15-5-3-14(24-2)4-6-15/h3-6,17H,7-13H2,1-2H3. The fraction of sp³-hybridized carbons (Fsp3) is 0.562. The first-order valence-electron chi connectivity index (χ1n) is 8.10. The highest BCUT2D eigenvalue weighted by Gasteiger charge is 2.28. The molecule has 0 unspecified atom stereocenters. The van der Waals surface area contributed by atoms with Gasteiger partial charge in [0.25, 0.3) is 0 Å². The molecule has 1 aromatic rings. The van der Waals surface area contributed by atoms with Crippen LogP contribution in [0.15, 0.2) is 29.2 Å². The van der Waals surface area contributed by atoms with E-state index in [1.165, 1.54) is 30.7 Å². The van der Waals surface area contributed by atoms with E-state index in [0.717, 1.165) is 13.1 Å². The number of methoxy groups -OCH3 is 2. The molecule has 8 nitrogen and oxygen atoms in total. The van der Waals surface area contributed by atoms with Crippen LogP contribution in [0.3, 0.4) is 0 Å². The predicted molar refractivity (Wildman–Crippen MR) is 93.1 cm³/mol. The molecule has 140 valence electrons. The van der Waals surface area contributed by atoms with Crippen LogP contribution in [0.2, 0.25) is 0 Å². The Morgan fingerprint density at radius 3 is 2.40 bits per heavy atom. The number of piperazine rings is 1. The number of amides is 1. The van der Waals surface area contributed by atoms with E-state index in [2.05, 4.69) is 5.32 Å². The third kappa shape index (κ3) is 5.15. The van der Waals surface area contributed by atoms with Crippen LogP contribution in [0.25, 0.3) is 0 Å². The third-order valence-corrected chi connectivity index (χ3v) is 5.88. The average molecular weight is 371 g/mol. The Hall–Kier alpha value is -1.68. The summed E-state index contributed by atoms with van der Waals surface area (Å²) in [6, 6.07) is 6.12. The van der Waals surface area contributed by atoms with Crippen LogP contribution in [-0.4, -0.2) is 83.6 Å². The molecule has 1 amide bonds. The van der Waals surface area contributed by atoms with Crippen LogP contribution in [0.4, 0.5) is 0 Å². The van der Waals surface area contributed by atoms with Gasteiger partial charge in [-0.05, 0) is 24.3 Å². The summed E-state index contributed by atoms with van der Waals surface area (Å²) < 4.78 is 37.0. The van der Waals surface area contributed by atoms with Crippen molar-refractivity contribution in [3.63, 3.8) is 0 Å². The van der Waals surface area contributed by atoms with Gasteiger partial charge in [-0.3, -0.25) is 4.79 Å². The van der Waals surface area contributed by atoms with Crippen molar-refractivity contribution >= 4 is 15.9 Å². The van der Waals surface area contributed by atoms with Crippen molar-refractivity contribution in [3.8, 4) is 5.75 Å². The molecular formula is C16H25N3O5S. The largest absolute Gasteiger partial charge is 0.497 e. The maximum Gasteiger partial charge on any atom is 0.243 e. The fourth-order valence-corrected chi connectivity index (χ4v) is 3.91. The Kier molecular flexibility index (Phi) is 7.18. The smallest absolute Gasteiger partial charge is 0.243 e. The van der Waals surface area contributed by atoms with E-state index >= 15 is 0 Å². The molecule has 0 aromatic heterocycles. The highest BCUT2D eigenvalue weighted by atomic mass is 32.2. The monoisotopic (exact) mass is 371 g/mol. The van der Waals surface area contributed by atoms with Gasteiger partial charge in [0.1, 0.15) is 5.75 Å². The maximum atomic E-state index is 12.9. The summed E-state index contributed by atoms with van der Waals surface area (Å²) in [7, 11) is -0.787. The summed E-state index contributed by atoms with van der Waals surface area (Å²) in [5.74, 6) is 0.369. The molecule has 25 heavy (non-hydrogen) atoms. The van der Waals surface area contributed by atoms with Crippen molar-refractivity contribution in [1.82, 2.24) is 14.5 Å². The van der Waals surface area contributed by atoms with Gasteiger partial charge >= 0.3 is 0 Å². The van der Waals surface area contributed by atoms with Crippen molar-refractivity contribution in [1.29, 1.82) is 0 Å². The Morgan fingerprint density at radius 2 is 1.84 bits per heavy atom. The highest BCUT2D eigenvalue weighted by molar-refractivity contribution is 7.89. The molecule has 1 heterocycles. The van der Waals surface area contributed by atoms with Crippen molar-refractivity contribution in [3.05, 3.63) is 24.3 Å². The third-order valence-electron chi connectivity index (χ3n) is 4.02. The molecule has 1 aliphatic heterocycles. The van der Waals surface area contributed by atoms with E-state index in [-0.39, 0.29) is 30.5 Å². The van der Waals surface area contributed by atoms with Gasteiger partial charge < -0.3 is 19.7 Å². The quantitative estimate of drug-likeness (QED) is 0.679. The van der Waals surface area contributed by atoms with Crippen LogP contribution in [0.5, 0.6) is 5.75 Å². The van der Waals surface area contributed by atoms with Gasteiger partial charge in [-0.15, -0.1) is 0 Å². The summed E-state index contributed by atoms with van der Waals surface area (Å²) in [4.78, 5) is 14.3. The van der Waals surface area contributed by atoms with Gasteiger partial charge in [-0.2, -0.15) is 4.31 Å². The number of hydrogen-bond donors (Lipinski definition) is 1. The van der Waals surface area contributed by atoms with E-state index in [1.807, 2.05) is 0 Å². The van der Waals surface area contributed by atoms with E-state index in [1.54, 1.807) is 17.0 Å². The lowest BCUT2D eigenvalue weighted by Gasteiger charge is -2.30. The molecule has 0 bridgehead atoms. The normalized spacial score (nSPS) is 15.4. The van der Waals surface area contributed by atoms with E-state index < -0.39 is 10.0 Å². The van der Waals surface area contributed by atoms with Crippen molar-refractivity contribution < 1.29 is 22.7 Å². The molecule has 9 heteroatoms. The van der Waals surface area contributed by atoms with Gasteiger partial charge in [0.2, 0.25) is 15.9 Å². The number of rotatable bonds is 8. The van der Waals surface area contributed by atoms with Crippen molar-refractivity contribution in [2.45, 2.75) is 4.90 Å². The lowest BCUT2D eigenvalue weighted by molar-refractivity contribution is -0.132. The van der Waals surface area contributed by atoms with Crippen LogP contribution in [0.1, 0.15) is 0 Å². The molecule has 0 saturated carbocycles. The highest BCUT2D eigenvalue weighted by Crippen LogP contribution is 2.19. The van der Waals surface area contributed by atoms with E-state index in [4.69, 9.17) is 9.47 Å². The molecule has 1 fully saturated rings. The predicted octanol–water partition coefficient (Wildman–Crippen LogP) is -0.236. The molecule has 0 aliphatic carbocycles. The summed E-state index contributed by atoms with van der Waals surface area (Å²) in [5, 5.41) is 3.17. The van der Waals surface area contributed by atoms with Gasteiger partial charge in [-0.25, -0.2) is 8.42 Å². The molecule has 0 spiro atoms. The lowest BCUT2D eigenvalue weighted by Crippen LogP contribution is -2.50. The second kappa shape index (κ2) is 9.14. The zero-order valence-electron chi connectivity index (χ0n) is 14.6. The van der Waals surface area contributed by atoms with Crippen LogP contribution in [-0.2, 0) is 19.6 Å². The molecule has 1 aromatic carbocycles. The molecule has 2 rings (SSSR count). The Bertz CT molecular complexity index is 657. The average Bonchev–Trinajstić information content (AvgIpc) is 2.65. The summed E-state index contributed by atoms with van der Waals surface area (Å²) in [6.07, 6.45) is 0. The molecular weight excluding hydrogens is 346 g/mol. The van der Waals surface area contributed by atoms with E-state index in [0.29, 0.717) is 18.8 Å². The number of nitrogens with one attached hydrogen (secondary N) is 1. The van der Waals surface area contributed by atoms with E-state index in [9.17, 15) is 13.2 Å². The minimum absolute atomic E-state index is 0.114. The Balaban J connectivity index is 2.17. The van der Waals surface area contributed by atoms with Gasteiger partial charge in [0, 0.05) is 39.8 Å². The molecule has 0 radical (unpaired) electrons. The molecule has 1 aliphatic rings. The van der Waals surface area contributed by atoms with Crippen LogP contribution < -0.4 is 10.1 Å². The van der Waals surface area contributed by atoms with Crippen molar-refractivity contribution in [2.75, 3.05) is 60.1 Å². The molecule has 0 atom stereocenters. The minimum atomic E-state index is -3.80. The number of nitrogens with zero attached hydrogens (tertiary/aromatic N) is 2. The van der Waals surface area contributed by atoms with Crippen LogP contribution >= 0.6 is 0 Å². The summed E-state index contributed by atoms with van der Waals surface area (Å²) in [5.41, 5.74) is 0. The second-order valence-corrected chi connectivity index (χ2v) is 7.58. The number of hydrogen-bond acceptors (Lipinski definition) is 6. The first-order valence-corrected chi connectivity index (χ1v) is 9.54. The first kappa shape index (κ1) is 19.6. The zero-order chi connectivity index (χ0) is 18.3. The van der Waals surface area contributed by atoms with Gasteiger partial charge in [0.05, 0.1) is 25.2 Å². The first-order chi connectivity index (χ1) is 12.0. The SMILES string of the molecule is COCCN(CC(=O)N1CCNCC1)S(=O)(=O)c1ccc(OC)cc1. The number of carbonyl (C=O) groups excluding carboxylic acids is 1. The Labute approximate surface area is 148 Å². The molecule has 1 saturated heterocycles. The Morgan fingerprint density at radius 1 is 1.20 bits per heavy atom. The fourth-order valence-electron chi connectivity index (χ4n) is 2.54. The molecule has 1 N–H and O–H groups in total. The second-order valence-electron chi connectivity index (χ2n) is 5.64. The lowest BCUT2D eigenvalue weighted by atomic mass is 10.3. The van der Waals surface area contributed by atoms with Gasteiger partial charge in [0.15, 0.2) is 0 Å². The van der Waals surface area contributed by atoms with Gasteiger partial charge in [-0.1, -0.05) is 0 Å². The number of carbonyl (C=O) groups is 1. The van der Waals surface area contributed by atoms with Crippen LogP contribution in [0, 0.1) is 0 Å². The summed E-state index contributed by atoms with van der Waals surface area (Å²) in [6.45, 7) is 2.73. The topological polar surface area (TPSA) is 88.2 Å². The maximum absolute atomic E-state index is 12.9. The number of sulfonamides is 1. The zero-order valence-corrected chi connectivity index (χ0v) is 15.4.